The fraction of sp³-hybridized carbons (Fsp3) is 0.450. The molecule has 0 N–H and O–H groups in total. The van der Waals surface area contributed by atoms with E-state index in [9.17, 15) is 14.4 Å². The Bertz CT molecular complexity index is 873. The van der Waals surface area contributed by atoms with Gasteiger partial charge < -0.3 is 14.1 Å². The Kier molecular flexibility index (Phi) is 5.85. The number of carbonyl (C=O) groups is 2. The van der Waals surface area contributed by atoms with Crippen LogP contribution in [0.1, 0.15) is 50.7 Å². The summed E-state index contributed by atoms with van der Waals surface area (Å²) >= 11 is 0. The van der Waals surface area contributed by atoms with E-state index in [0.717, 1.165) is 11.6 Å². The van der Waals surface area contributed by atoms with Crippen molar-refractivity contribution in [3.8, 4) is 0 Å². The summed E-state index contributed by atoms with van der Waals surface area (Å²) in [6.45, 7) is 11.0. The van der Waals surface area contributed by atoms with Gasteiger partial charge >= 0.3 is 5.97 Å². The number of rotatable bonds is 5. The van der Waals surface area contributed by atoms with E-state index < -0.39 is 12.1 Å². The zero-order valence-corrected chi connectivity index (χ0v) is 16.0. The molecule has 6 nitrogen and oxygen atoms in total. The molecular weight excluding hydrogens is 334 g/mol. The first-order valence-corrected chi connectivity index (χ1v) is 8.69. The molecule has 0 aliphatic rings. The molecule has 2 aromatic rings. The molecule has 0 radical (unpaired) electrons. The second kappa shape index (κ2) is 7.72. The number of esters is 1. The summed E-state index contributed by atoms with van der Waals surface area (Å²) in [5, 5.41) is 0.400. The van der Waals surface area contributed by atoms with E-state index in [1.165, 1.54) is 6.92 Å². The third-order valence-corrected chi connectivity index (χ3v) is 4.08. The minimum Gasteiger partial charge on any atom is -0.449 e. The summed E-state index contributed by atoms with van der Waals surface area (Å²) < 4.78 is 10.7. The van der Waals surface area contributed by atoms with Crippen LogP contribution in [0, 0.1) is 6.92 Å². The molecule has 140 valence electrons. The molecule has 1 atom stereocenters. The monoisotopic (exact) mass is 359 g/mol. The minimum atomic E-state index is -0.980. The zero-order valence-electron chi connectivity index (χ0n) is 16.0. The average Bonchev–Trinajstić information content (AvgIpc) is 2.54. The second-order valence-corrected chi connectivity index (χ2v) is 6.96. The molecule has 26 heavy (non-hydrogen) atoms. The van der Waals surface area contributed by atoms with E-state index in [0.29, 0.717) is 11.0 Å². The van der Waals surface area contributed by atoms with Crippen LogP contribution in [0.15, 0.2) is 33.5 Å². The van der Waals surface area contributed by atoms with E-state index in [-0.39, 0.29) is 29.2 Å². The summed E-state index contributed by atoms with van der Waals surface area (Å²) in [6.07, 6.45) is -0.980. The summed E-state index contributed by atoms with van der Waals surface area (Å²) in [6, 6.07) is 6.18. The molecule has 1 amide bonds. The standard InChI is InChI=1S/C20H25NO5/c1-11(2)21(12(3)4)19(23)14(6)25-20(24)18-10-16(22)15-9-13(5)7-8-17(15)26-18/h7-12,14H,1-6H3/t14-/m0/s1. The fourth-order valence-electron chi connectivity index (χ4n) is 2.95. The predicted molar refractivity (Wildman–Crippen MR) is 99.2 cm³/mol. The number of aryl methyl sites for hydroxylation is 1. The molecule has 1 heterocycles. The summed E-state index contributed by atoms with van der Waals surface area (Å²) in [5.74, 6) is -1.34. The highest BCUT2D eigenvalue weighted by Crippen LogP contribution is 2.16. The van der Waals surface area contributed by atoms with E-state index in [1.807, 2.05) is 34.6 Å². The average molecular weight is 359 g/mol. The molecule has 1 aromatic heterocycles. The van der Waals surface area contributed by atoms with E-state index in [2.05, 4.69) is 0 Å². The quantitative estimate of drug-likeness (QED) is 0.766. The lowest BCUT2D eigenvalue weighted by atomic mass is 10.1. The van der Waals surface area contributed by atoms with Gasteiger partial charge in [0.1, 0.15) is 5.58 Å². The van der Waals surface area contributed by atoms with Gasteiger partial charge in [0.15, 0.2) is 11.5 Å². The topological polar surface area (TPSA) is 76.8 Å². The molecule has 0 aliphatic carbocycles. The third kappa shape index (κ3) is 4.12. The number of amides is 1. The maximum absolute atomic E-state index is 12.6. The molecule has 6 heteroatoms. The van der Waals surface area contributed by atoms with Crippen molar-refractivity contribution in [2.75, 3.05) is 0 Å². The van der Waals surface area contributed by atoms with Gasteiger partial charge in [0.25, 0.3) is 5.91 Å². The van der Waals surface area contributed by atoms with E-state index in [1.54, 1.807) is 23.1 Å². The fourth-order valence-corrected chi connectivity index (χ4v) is 2.95. The SMILES string of the molecule is Cc1ccc2oc(C(=O)O[C@@H](C)C(=O)N(C(C)C)C(C)C)cc(=O)c2c1. The van der Waals surface area contributed by atoms with Gasteiger partial charge in [-0.05, 0) is 53.7 Å². The van der Waals surface area contributed by atoms with Crippen molar-refractivity contribution in [3.05, 3.63) is 45.8 Å². The lowest BCUT2D eigenvalue weighted by molar-refractivity contribution is -0.143. The van der Waals surface area contributed by atoms with Gasteiger partial charge in [-0.1, -0.05) is 11.6 Å². The summed E-state index contributed by atoms with van der Waals surface area (Å²) in [5.41, 5.74) is 0.897. The Labute approximate surface area is 152 Å². The number of nitrogens with zero attached hydrogens (tertiary/aromatic N) is 1. The van der Waals surface area contributed by atoms with Crippen LogP contribution in [-0.4, -0.2) is 35.0 Å². The molecule has 0 aliphatic heterocycles. The predicted octanol–water partition coefficient (Wildman–Crippen LogP) is 3.29. The largest absolute Gasteiger partial charge is 0.449 e. The highest BCUT2D eigenvalue weighted by Gasteiger charge is 2.28. The van der Waals surface area contributed by atoms with Crippen molar-refractivity contribution >= 4 is 22.8 Å². The van der Waals surface area contributed by atoms with Crippen LogP contribution in [0.2, 0.25) is 0 Å². The second-order valence-electron chi connectivity index (χ2n) is 6.96. The third-order valence-electron chi connectivity index (χ3n) is 4.08. The van der Waals surface area contributed by atoms with Crippen LogP contribution in [0.25, 0.3) is 11.0 Å². The Balaban J connectivity index is 2.24. The van der Waals surface area contributed by atoms with Gasteiger partial charge in [0, 0.05) is 18.2 Å². The van der Waals surface area contributed by atoms with Gasteiger partial charge in [0.2, 0.25) is 5.76 Å². The number of carbonyl (C=O) groups excluding carboxylic acids is 2. The summed E-state index contributed by atoms with van der Waals surface area (Å²) in [7, 11) is 0. The molecule has 2 rings (SSSR count). The molecule has 0 bridgehead atoms. The minimum absolute atomic E-state index is 0.0227. The van der Waals surface area contributed by atoms with Gasteiger partial charge in [-0.25, -0.2) is 4.79 Å². The van der Waals surface area contributed by atoms with Gasteiger partial charge in [-0.3, -0.25) is 9.59 Å². The lowest BCUT2D eigenvalue weighted by Crippen LogP contribution is -2.47. The maximum atomic E-state index is 12.6. The molecule has 0 fully saturated rings. The van der Waals surface area contributed by atoms with E-state index >= 15 is 0 Å². The van der Waals surface area contributed by atoms with Gasteiger partial charge in [0.05, 0.1) is 5.39 Å². The smallest absolute Gasteiger partial charge is 0.375 e. The number of benzene rings is 1. The van der Waals surface area contributed by atoms with Crippen LogP contribution < -0.4 is 5.43 Å². The van der Waals surface area contributed by atoms with Gasteiger partial charge in [-0.15, -0.1) is 0 Å². The Morgan fingerprint density at radius 3 is 2.23 bits per heavy atom. The molecule has 0 unspecified atom stereocenters. The van der Waals surface area contributed by atoms with Crippen molar-refractivity contribution in [2.24, 2.45) is 0 Å². The zero-order chi connectivity index (χ0) is 19.6. The van der Waals surface area contributed by atoms with E-state index in [4.69, 9.17) is 9.15 Å². The molecule has 0 saturated carbocycles. The Morgan fingerprint density at radius 1 is 1.04 bits per heavy atom. The first kappa shape index (κ1) is 19.7. The van der Waals surface area contributed by atoms with Crippen molar-refractivity contribution in [1.29, 1.82) is 0 Å². The van der Waals surface area contributed by atoms with Crippen LogP contribution in [0.5, 0.6) is 0 Å². The van der Waals surface area contributed by atoms with Crippen molar-refractivity contribution in [2.45, 2.75) is 59.7 Å². The lowest BCUT2D eigenvalue weighted by Gasteiger charge is -2.32. The first-order valence-electron chi connectivity index (χ1n) is 8.69. The Morgan fingerprint density at radius 2 is 1.65 bits per heavy atom. The van der Waals surface area contributed by atoms with Crippen LogP contribution >= 0.6 is 0 Å². The van der Waals surface area contributed by atoms with Crippen molar-refractivity contribution < 1.29 is 18.7 Å². The van der Waals surface area contributed by atoms with Crippen LogP contribution in [0.4, 0.5) is 0 Å². The number of ether oxygens (including phenoxy) is 1. The van der Waals surface area contributed by atoms with Crippen LogP contribution in [-0.2, 0) is 9.53 Å². The van der Waals surface area contributed by atoms with Gasteiger partial charge in [-0.2, -0.15) is 0 Å². The molecule has 0 spiro atoms. The Hall–Kier alpha value is -2.63. The molecule has 1 aromatic carbocycles. The highest BCUT2D eigenvalue weighted by molar-refractivity contribution is 5.91. The maximum Gasteiger partial charge on any atom is 0.375 e. The number of hydrogen-bond donors (Lipinski definition) is 0. The first-order chi connectivity index (χ1) is 12.1. The molecular formula is C20H25NO5. The van der Waals surface area contributed by atoms with Crippen molar-refractivity contribution in [1.82, 2.24) is 4.90 Å². The van der Waals surface area contributed by atoms with Crippen molar-refractivity contribution in [3.63, 3.8) is 0 Å². The highest BCUT2D eigenvalue weighted by atomic mass is 16.6. The van der Waals surface area contributed by atoms with Crippen LogP contribution in [0.3, 0.4) is 0 Å². The molecule has 0 saturated heterocycles. The summed E-state index contributed by atoms with van der Waals surface area (Å²) in [4.78, 5) is 38.8. The number of fused-ring (bicyclic) bond motifs is 1. The number of hydrogen-bond acceptors (Lipinski definition) is 5. The normalized spacial score (nSPS) is 12.5.